The third-order valence-corrected chi connectivity index (χ3v) is 10.4. The van der Waals surface area contributed by atoms with Gasteiger partial charge in [-0.1, -0.05) is 29.3 Å². The second kappa shape index (κ2) is 17.1. The molecule has 61 heavy (non-hydrogen) atoms. The Morgan fingerprint density at radius 1 is 0.607 bits per heavy atom. The van der Waals surface area contributed by atoms with Crippen LogP contribution in [-0.4, -0.2) is 157 Å². The Morgan fingerprint density at radius 3 is 1.84 bits per heavy atom. The number of hydrogen-bond acceptors (Lipinski definition) is 19. The van der Waals surface area contributed by atoms with Crippen molar-refractivity contribution in [2.24, 2.45) is 0 Å². The number of phenolic OH excluding ortho intramolecular Hbond substituents is 2. The fraction of sp³-hybridized carbons (Fsp3) is 0.316. The molecular weight excluding hydrogens is 851 g/mol. The van der Waals surface area contributed by atoms with Gasteiger partial charge in [0.05, 0.1) is 17.7 Å². The second-order valence-electron chi connectivity index (χ2n) is 14.0. The van der Waals surface area contributed by atoms with Crippen molar-refractivity contribution in [3.8, 4) is 22.9 Å². The normalized spacial score (nSPS) is 26.7. The van der Waals surface area contributed by atoms with E-state index in [1.54, 1.807) is 6.07 Å². The largest absolute Gasteiger partial charge is 0.506 e. The third-order valence-electron chi connectivity index (χ3n) is 9.92. The highest BCUT2D eigenvalue weighted by Crippen LogP contribution is 2.30. The minimum absolute atomic E-state index is 0.0426. The molecule has 8 N–H and O–H groups in total. The SMILES string of the molecule is O=C(OC1OC(COC2OC(COC(=O)c3cccc4nn(-c5ccc(Cl)cc5O)nc34)C(O)C(O)C2O)C(O)C(O)C1O)c1ccc2nn(-c3ccc(Cl)cc3O)nc2c1. The van der Waals surface area contributed by atoms with Gasteiger partial charge in [0.1, 0.15) is 100 Å². The number of benzene rings is 4. The zero-order valence-corrected chi connectivity index (χ0v) is 32.5. The topological polar surface area (TPSA) is 304 Å². The lowest BCUT2D eigenvalue weighted by Gasteiger charge is -2.42. The monoisotopic (exact) mass is 884 g/mol. The summed E-state index contributed by atoms with van der Waals surface area (Å²) in [5, 5.41) is 102. The molecule has 2 saturated heterocycles. The summed E-state index contributed by atoms with van der Waals surface area (Å²) in [6, 6.07) is 17.2. The smallest absolute Gasteiger partial charge is 0.340 e. The van der Waals surface area contributed by atoms with Gasteiger partial charge in [-0.3, -0.25) is 0 Å². The van der Waals surface area contributed by atoms with Crippen molar-refractivity contribution >= 4 is 57.2 Å². The fourth-order valence-corrected chi connectivity index (χ4v) is 6.96. The van der Waals surface area contributed by atoms with Gasteiger partial charge in [0, 0.05) is 22.2 Å². The molecule has 0 radical (unpaired) electrons. The molecule has 10 atom stereocenters. The molecule has 23 heteroatoms. The first-order valence-electron chi connectivity index (χ1n) is 18.3. The van der Waals surface area contributed by atoms with Gasteiger partial charge in [-0.05, 0) is 54.6 Å². The number of aliphatic hydroxyl groups excluding tert-OH is 6. The van der Waals surface area contributed by atoms with E-state index in [0.29, 0.717) is 10.5 Å². The lowest BCUT2D eigenvalue weighted by Crippen LogP contribution is -2.62. The molecule has 2 aliphatic rings. The highest BCUT2D eigenvalue weighted by molar-refractivity contribution is 6.31. The Morgan fingerprint density at radius 2 is 1.18 bits per heavy atom. The summed E-state index contributed by atoms with van der Waals surface area (Å²) < 4.78 is 27.6. The number of carbonyl (C=O) groups excluding carboxylic acids is 2. The number of halogens is 2. The zero-order chi connectivity index (χ0) is 43.3. The van der Waals surface area contributed by atoms with Gasteiger partial charge >= 0.3 is 11.9 Å². The van der Waals surface area contributed by atoms with Crippen molar-refractivity contribution in [2.45, 2.75) is 61.4 Å². The summed E-state index contributed by atoms with van der Waals surface area (Å²) in [5.41, 5.74) is 1.23. The van der Waals surface area contributed by atoms with E-state index in [1.165, 1.54) is 66.7 Å². The summed E-state index contributed by atoms with van der Waals surface area (Å²) in [6.45, 7) is -1.35. The molecular formula is C38H34Cl2N6O15. The summed E-state index contributed by atoms with van der Waals surface area (Å²) in [6.07, 6.45) is -17.8. The number of rotatable bonds is 10. The van der Waals surface area contributed by atoms with Crippen molar-refractivity contribution in [1.82, 2.24) is 30.0 Å². The highest BCUT2D eigenvalue weighted by atomic mass is 35.5. The first-order valence-corrected chi connectivity index (χ1v) is 19.0. The molecule has 10 unspecified atom stereocenters. The maximum atomic E-state index is 13.3. The molecule has 0 spiro atoms. The Kier molecular flexibility index (Phi) is 11.8. The van der Waals surface area contributed by atoms with Crippen molar-refractivity contribution in [3.05, 3.63) is 94.0 Å². The maximum absolute atomic E-state index is 13.3. The number of hydrogen-bond donors (Lipinski definition) is 8. The fourth-order valence-electron chi connectivity index (χ4n) is 6.63. The molecule has 8 rings (SSSR count). The number of aromatic hydroxyl groups is 2. The molecule has 2 fully saturated rings. The zero-order valence-electron chi connectivity index (χ0n) is 31.0. The molecule has 2 aromatic heterocycles. The third kappa shape index (κ3) is 8.41. The highest BCUT2D eigenvalue weighted by Gasteiger charge is 2.48. The molecule has 2 aliphatic heterocycles. The van der Waals surface area contributed by atoms with E-state index in [4.69, 9.17) is 46.9 Å². The van der Waals surface area contributed by atoms with E-state index in [1.807, 2.05) is 0 Å². The van der Waals surface area contributed by atoms with E-state index >= 15 is 0 Å². The lowest BCUT2D eigenvalue weighted by molar-refractivity contribution is -0.325. The summed E-state index contributed by atoms with van der Waals surface area (Å²) in [4.78, 5) is 28.7. The molecule has 320 valence electrons. The van der Waals surface area contributed by atoms with Gasteiger partial charge in [-0.25, -0.2) is 9.59 Å². The average molecular weight is 886 g/mol. The molecule has 4 aromatic carbocycles. The summed E-state index contributed by atoms with van der Waals surface area (Å²) in [7, 11) is 0. The standard InChI is InChI=1S/C38H34Cl2N6O15/c39-16-5-8-22(24(47)11-16)45-41-19-7-4-15(10-21(19)43-45)35(55)61-38-34(54)32(52)30(50)27(60-38)14-58-37-33(53)31(51)29(49)26(59-37)13-57-36(56)18-2-1-3-20-28(18)44-46(42-20)23-9-6-17(40)12-25(23)48/h1-12,26-27,29-34,37-38,47-54H,13-14H2. The van der Waals surface area contributed by atoms with E-state index < -0.39 is 86.6 Å². The van der Waals surface area contributed by atoms with Crippen molar-refractivity contribution in [1.29, 1.82) is 0 Å². The Bertz CT molecular complexity index is 2610. The number of aliphatic hydroxyl groups is 6. The van der Waals surface area contributed by atoms with Gasteiger partial charge in [-0.2, -0.15) is 0 Å². The van der Waals surface area contributed by atoms with Crippen LogP contribution in [-0.2, 0) is 23.7 Å². The number of phenols is 2. The average Bonchev–Trinajstić information content (AvgIpc) is 3.87. The quantitative estimate of drug-likeness (QED) is 0.0870. The van der Waals surface area contributed by atoms with Crippen LogP contribution in [0.4, 0.5) is 0 Å². The van der Waals surface area contributed by atoms with Crippen LogP contribution in [0.25, 0.3) is 33.4 Å². The number of esters is 2. The van der Waals surface area contributed by atoms with E-state index in [0.717, 1.165) is 9.59 Å². The Labute approximate surface area is 352 Å². The maximum Gasteiger partial charge on any atom is 0.340 e. The minimum atomic E-state index is -1.93. The first kappa shape index (κ1) is 42.1. The van der Waals surface area contributed by atoms with Crippen LogP contribution in [0.15, 0.2) is 72.8 Å². The van der Waals surface area contributed by atoms with Crippen LogP contribution in [0, 0.1) is 0 Å². The van der Waals surface area contributed by atoms with Gasteiger partial charge < -0.3 is 64.5 Å². The van der Waals surface area contributed by atoms with Crippen LogP contribution < -0.4 is 0 Å². The Balaban J connectivity index is 0.901. The van der Waals surface area contributed by atoms with Gasteiger partial charge in [0.15, 0.2) is 6.29 Å². The van der Waals surface area contributed by atoms with Crippen LogP contribution in [0.5, 0.6) is 11.5 Å². The number of nitrogens with zero attached hydrogens (tertiary/aromatic N) is 6. The summed E-state index contributed by atoms with van der Waals surface area (Å²) in [5.74, 6) is -2.36. The van der Waals surface area contributed by atoms with E-state index in [9.17, 15) is 50.4 Å². The van der Waals surface area contributed by atoms with Crippen LogP contribution in [0.3, 0.4) is 0 Å². The lowest BCUT2D eigenvalue weighted by atomic mass is 9.98. The van der Waals surface area contributed by atoms with Gasteiger partial charge in [0.25, 0.3) is 0 Å². The number of carbonyl (C=O) groups is 2. The first-order chi connectivity index (χ1) is 29.2. The van der Waals surface area contributed by atoms with E-state index in [2.05, 4.69) is 20.4 Å². The van der Waals surface area contributed by atoms with Gasteiger partial charge in [0.2, 0.25) is 6.29 Å². The van der Waals surface area contributed by atoms with Gasteiger partial charge in [-0.15, -0.1) is 30.0 Å². The molecule has 0 amide bonds. The van der Waals surface area contributed by atoms with Crippen molar-refractivity contribution < 1.29 is 74.1 Å². The molecule has 4 heterocycles. The minimum Gasteiger partial charge on any atom is -0.506 e. The molecule has 0 aliphatic carbocycles. The van der Waals surface area contributed by atoms with E-state index in [-0.39, 0.29) is 55.6 Å². The second-order valence-corrected chi connectivity index (χ2v) is 14.9. The number of aromatic nitrogens is 6. The summed E-state index contributed by atoms with van der Waals surface area (Å²) >= 11 is 11.8. The molecule has 0 saturated carbocycles. The van der Waals surface area contributed by atoms with Crippen LogP contribution in [0.2, 0.25) is 10.0 Å². The Hall–Kier alpha value is -5.56. The van der Waals surface area contributed by atoms with Crippen molar-refractivity contribution in [3.63, 3.8) is 0 Å². The predicted octanol–water partition coefficient (Wildman–Crippen LogP) is 0.518. The number of ether oxygens (including phenoxy) is 5. The molecule has 0 bridgehead atoms. The number of fused-ring (bicyclic) bond motifs is 2. The van der Waals surface area contributed by atoms with Crippen LogP contribution >= 0.6 is 23.2 Å². The van der Waals surface area contributed by atoms with Crippen LogP contribution in [0.1, 0.15) is 20.7 Å². The molecule has 6 aromatic rings. The predicted molar refractivity (Wildman–Crippen MR) is 206 cm³/mol. The molecule has 21 nitrogen and oxygen atoms in total. The van der Waals surface area contributed by atoms with Crippen molar-refractivity contribution in [2.75, 3.05) is 13.2 Å².